The van der Waals surface area contributed by atoms with Gasteiger partial charge in [0.25, 0.3) is 11.7 Å². The number of hydrogen-bond acceptors (Lipinski definition) is 7. The number of likely N-dealkylation sites (tertiary alicyclic amines) is 1. The van der Waals surface area contributed by atoms with E-state index in [0.717, 1.165) is 6.54 Å². The lowest BCUT2D eigenvalue weighted by Crippen LogP contribution is -2.48. The van der Waals surface area contributed by atoms with Crippen molar-refractivity contribution in [1.82, 2.24) is 25.7 Å². The van der Waals surface area contributed by atoms with Crippen molar-refractivity contribution in [2.45, 2.75) is 19.1 Å². The highest BCUT2D eigenvalue weighted by atomic mass is 16.5. The number of nitrogens with zero attached hydrogens (tertiary/aromatic N) is 3. The summed E-state index contributed by atoms with van der Waals surface area (Å²) in [5.74, 6) is -1.15. The maximum Gasteiger partial charge on any atom is 0.292 e. The van der Waals surface area contributed by atoms with Crippen LogP contribution >= 0.6 is 0 Å². The molecular formula is C12H19N5O4. The molecule has 1 aromatic heterocycles. The summed E-state index contributed by atoms with van der Waals surface area (Å²) >= 11 is 0. The Morgan fingerprint density at radius 1 is 1.52 bits per heavy atom. The molecule has 1 aliphatic heterocycles. The number of nitrogens with one attached hydrogen (secondary N) is 2. The molecule has 116 valence electrons. The first-order chi connectivity index (χ1) is 10.0. The minimum absolute atomic E-state index is 0.0236. The number of aliphatic hydroxyl groups is 1. The van der Waals surface area contributed by atoms with Crippen LogP contribution in [0.4, 0.5) is 0 Å². The lowest BCUT2D eigenvalue weighted by molar-refractivity contribution is -0.131. The minimum Gasteiger partial charge on any atom is -0.392 e. The van der Waals surface area contributed by atoms with E-state index in [1.807, 2.05) is 11.9 Å². The second-order valence-electron chi connectivity index (χ2n) is 5.03. The molecule has 2 atom stereocenters. The van der Waals surface area contributed by atoms with E-state index in [1.54, 1.807) is 0 Å². The molecule has 3 N–H and O–H groups in total. The fraction of sp³-hybridized carbons (Fsp3) is 0.667. The first-order valence-corrected chi connectivity index (χ1v) is 6.70. The fourth-order valence-electron chi connectivity index (χ4n) is 2.18. The molecule has 2 amide bonds. The van der Waals surface area contributed by atoms with E-state index in [-0.39, 0.29) is 24.2 Å². The van der Waals surface area contributed by atoms with E-state index in [1.165, 1.54) is 7.05 Å². The summed E-state index contributed by atoms with van der Waals surface area (Å²) in [6.45, 7) is 1.29. The maximum absolute atomic E-state index is 12.1. The van der Waals surface area contributed by atoms with Crippen molar-refractivity contribution in [2.24, 2.45) is 5.92 Å². The Kier molecular flexibility index (Phi) is 4.86. The van der Waals surface area contributed by atoms with E-state index in [0.29, 0.717) is 13.0 Å². The Bertz CT molecular complexity index is 518. The SMILES string of the molecule is CNC(=O)c1noc(CNC(=O)[C@@H]2CN(C)CC[C@@H]2O)n1. The van der Waals surface area contributed by atoms with Crippen LogP contribution in [-0.2, 0) is 11.3 Å². The summed E-state index contributed by atoms with van der Waals surface area (Å²) in [7, 11) is 3.36. The average Bonchev–Trinajstić information content (AvgIpc) is 2.95. The van der Waals surface area contributed by atoms with Gasteiger partial charge in [-0.05, 0) is 13.5 Å². The summed E-state index contributed by atoms with van der Waals surface area (Å²) in [6.07, 6.45) is -0.0824. The third-order valence-corrected chi connectivity index (χ3v) is 3.43. The zero-order valence-corrected chi connectivity index (χ0v) is 12.0. The highest BCUT2D eigenvalue weighted by Crippen LogP contribution is 2.16. The molecule has 1 fully saturated rings. The van der Waals surface area contributed by atoms with Gasteiger partial charge >= 0.3 is 0 Å². The van der Waals surface area contributed by atoms with Gasteiger partial charge in [-0.2, -0.15) is 4.98 Å². The molecule has 1 aliphatic rings. The second kappa shape index (κ2) is 6.64. The topological polar surface area (TPSA) is 121 Å². The van der Waals surface area contributed by atoms with Crippen LogP contribution in [0.2, 0.25) is 0 Å². The predicted octanol–water partition coefficient (Wildman–Crippen LogP) is -1.64. The van der Waals surface area contributed by atoms with Crippen molar-refractivity contribution in [2.75, 3.05) is 27.2 Å². The summed E-state index contributed by atoms with van der Waals surface area (Å²) in [4.78, 5) is 29.2. The van der Waals surface area contributed by atoms with Crippen LogP contribution < -0.4 is 10.6 Å². The number of aromatic nitrogens is 2. The zero-order chi connectivity index (χ0) is 15.4. The normalized spacial score (nSPS) is 22.8. The Morgan fingerprint density at radius 3 is 3.00 bits per heavy atom. The van der Waals surface area contributed by atoms with Gasteiger partial charge in [-0.3, -0.25) is 9.59 Å². The van der Waals surface area contributed by atoms with E-state index >= 15 is 0 Å². The number of rotatable bonds is 4. The largest absolute Gasteiger partial charge is 0.392 e. The minimum atomic E-state index is -0.648. The van der Waals surface area contributed by atoms with Gasteiger partial charge in [0, 0.05) is 20.1 Å². The smallest absolute Gasteiger partial charge is 0.292 e. The third-order valence-electron chi connectivity index (χ3n) is 3.43. The van der Waals surface area contributed by atoms with Gasteiger partial charge in [0.2, 0.25) is 11.8 Å². The summed E-state index contributed by atoms with van der Waals surface area (Å²) < 4.78 is 4.86. The van der Waals surface area contributed by atoms with Crippen molar-refractivity contribution in [3.8, 4) is 0 Å². The van der Waals surface area contributed by atoms with Crippen LogP contribution in [0.5, 0.6) is 0 Å². The molecule has 0 aromatic carbocycles. The molecule has 2 rings (SSSR count). The molecule has 21 heavy (non-hydrogen) atoms. The molecular weight excluding hydrogens is 278 g/mol. The van der Waals surface area contributed by atoms with Crippen LogP contribution in [0, 0.1) is 5.92 Å². The monoisotopic (exact) mass is 297 g/mol. The summed E-state index contributed by atoms with van der Waals surface area (Å²) in [5.41, 5.74) is 0. The molecule has 0 unspecified atom stereocenters. The van der Waals surface area contributed by atoms with Gasteiger partial charge in [-0.25, -0.2) is 0 Å². The van der Waals surface area contributed by atoms with Gasteiger partial charge in [0.05, 0.1) is 18.6 Å². The van der Waals surface area contributed by atoms with Crippen LogP contribution in [0.1, 0.15) is 22.9 Å². The van der Waals surface area contributed by atoms with Crippen molar-refractivity contribution >= 4 is 11.8 Å². The number of amides is 2. The standard InChI is InChI=1S/C12H19N5O4/c1-13-12(20)10-15-9(21-16-10)5-14-11(19)7-6-17(2)4-3-8(7)18/h7-8,18H,3-6H2,1-2H3,(H,13,20)(H,14,19)/t7-,8+/m1/s1. The van der Waals surface area contributed by atoms with E-state index in [9.17, 15) is 14.7 Å². The van der Waals surface area contributed by atoms with Crippen molar-refractivity contribution in [3.05, 3.63) is 11.7 Å². The van der Waals surface area contributed by atoms with E-state index in [2.05, 4.69) is 20.8 Å². The molecule has 1 aromatic rings. The number of aliphatic hydroxyl groups excluding tert-OH is 1. The van der Waals surface area contributed by atoms with Gasteiger partial charge in [0.15, 0.2) is 0 Å². The van der Waals surface area contributed by atoms with Gasteiger partial charge < -0.3 is 25.2 Å². The summed E-state index contributed by atoms with van der Waals surface area (Å²) in [5, 5.41) is 18.4. The fourth-order valence-corrected chi connectivity index (χ4v) is 2.18. The number of piperidine rings is 1. The van der Waals surface area contributed by atoms with Gasteiger partial charge in [-0.1, -0.05) is 5.16 Å². The second-order valence-corrected chi connectivity index (χ2v) is 5.03. The average molecular weight is 297 g/mol. The first kappa shape index (κ1) is 15.4. The highest BCUT2D eigenvalue weighted by molar-refractivity contribution is 5.89. The predicted molar refractivity (Wildman–Crippen MR) is 71.1 cm³/mol. The van der Waals surface area contributed by atoms with Crippen molar-refractivity contribution in [3.63, 3.8) is 0 Å². The zero-order valence-electron chi connectivity index (χ0n) is 12.0. The number of carbonyl (C=O) groups excluding carboxylic acids is 2. The molecule has 9 heteroatoms. The number of hydrogen-bond donors (Lipinski definition) is 3. The van der Waals surface area contributed by atoms with Crippen LogP contribution in [-0.4, -0.2) is 65.3 Å². The molecule has 0 spiro atoms. The molecule has 0 bridgehead atoms. The Labute approximate surface area is 121 Å². The van der Waals surface area contributed by atoms with E-state index < -0.39 is 17.9 Å². The van der Waals surface area contributed by atoms with Crippen LogP contribution in [0.25, 0.3) is 0 Å². The highest BCUT2D eigenvalue weighted by Gasteiger charge is 2.31. The Balaban J connectivity index is 1.88. The molecule has 9 nitrogen and oxygen atoms in total. The van der Waals surface area contributed by atoms with Crippen molar-refractivity contribution in [1.29, 1.82) is 0 Å². The molecule has 0 aliphatic carbocycles. The molecule has 0 radical (unpaired) electrons. The van der Waals surface area contributed by atoms with Crippen LogP contribution in [0.3, 0.4) is 0 Å². The Morgan fingerprint density at radius 2 is 2.29 bits per heavy atom. The van der Waals surface area contributed by atoms with Gasteiger partial charge in [0.1, 0.15) is 0 Å². The maximum atomic E-state index is 12.1. The summed E-state index contributed by atoms with van der Waals surface area (Å²) in [6, 6.07) is 0. The Hall–Kier alpha value is -2.00. The van der Waals surface area contributed by atoms with E-state index in [4.69, 9.17) is 4.52 Å². The number of carbonyl (C=O) groups is 2. The van der Waals surface area contributed by atoms with Crippen molar-refractivity contribution < 1.29 is 19.2 Å². The quantitative estimate of drug-likeness (QED) is 0.609. The lowest BCUT2D eigenvalue weighted by Gasteiger charge is -2.32. The van der Waals surface area contributed by atoms with Gasteiger partial charge in [-0.15, -0.1) is 0 Å². The molecule has 0 saturated carbocycles. The molecule has 2 heterocycles. The molecule has 1 saturated heterocycles. The lowest BCUT2D eigenvalue weighted by atomic mass is 9.94. The first-order valence-electron chi connectivity index (χ1n) is 6.70. The third kappa shape index (κ3) is 3.76. The van der Waals surface area contributed by atoms with Crippen LogP contribution in [0.15, 0.2) is 4.52 Å².